The summed E-state index contributed by atoms with van der Waals surface area (Å²) in [5.74, 6) is 1.15. The maximum atomic E-state index is 12.5. The third kappa shape index (κ3) is 3.64. The van der Waals surface area contributed by atoms with E-state index in [0.29, 0.717) is 32.8 Å². The second-order valence-corrected chi connectivity index (χ2v) is 11.9. The molecule has 2 rings (SSSR count). The summed E-state index contributed by atoms with van der Waals surface area (Å²) in [6.45, 7) is 11.5. The van der Waals surface area contributed by atoms with E-state index >= 15 is 0 Å². The van der Waals surface area contributed by atoms with Crippen LogP contribution < -0.4 is 0 Å². The minimum atomic E-state index is -0.0641. The van der Waals surface area contributed by atoms with Crippen molar-refractivity contribution < 1.29 is 9.53 Å². The molecule has 2 nitrogen and oxygen atoms in total. The van der Waals surface area contributed by atoms with E-state index in [4.69, 9.17) is 4.74 Å². The summed E-state index contributed by atoms with van der Waals surface area (Å²) in [6.07, 6.45) is 10.0. The van der Waals surface area contributed by atoms with Gasteiger partial charge < -0.3 is 0 Å². The third-order valence-electron chi connectivity index (χ3n) is 7.18. The van der Waals surface area contributed by atoms with Crippen molar-refractivity contribution in [2.75, 3.05) is 7.11 Å². The van der Waals surface area contributed by atoms with Crippen LogP contribution >= 0.6 is 0 Å². The maximum absolute atomic E-state index is 12.5. The molecule has 0 spiro atoms. The minimum absolute atomic E-state index is 0.0641. The standard InChI is InChI=1S/C21H38O2Se/c1-7-9-11-16(23-6)17(12-10-8-2)24-18-14-21(5)19(22)13-15(18)20(21,3)4/h15-18H,7-14H2,1-6H3/t15?,16-,17-,18-,21?/m1/s1. The van der Waals surface area contributed by atoms with E-state index in [-0.39, 0.29) is 10.8 Å². The van der Waals surface area contributed by atoms with Crippen molar-refractivity contribution in [3.05, 3.63) is 0 Å². The van der Waals surface area contributed by atoms with Crippen LogP contribution in [-0.4, -0.2) is 34.0 Å². The van der Waals surface area contributed by atoms with Crippen LogP contribution in [0.25, 0.3) is 0 Å². The van der Waals surface area contributed by atoms with Crippen LogP contribution in [-0.2, 0) is 9.53 Å². The van der Waals surface area contributed by atoms with Crippen molar-refractivity contribution in [2.45, 2.75) is 102 Å². The van der Waals surface area contributed by atoms with Crippen LogP contribution in [0.3, 0.4) is 0 Å². The number of carbonyl (C=O) groups is 1. The average Bonchev–Trinajstić information content (AvgIpc) is 2.83. The predicted molar refractivity (Wildman–Crippen MR) is 103 cm³/mol. The molecule has 0 aromatic carbocycles. The second kappa shape index (κ2) is 8.23. The van der Waals surface area contributed by atoms with Gasteiger partial charge in [-0.2, -0.15) is 0 Å². The summed E-state index contributed by atoms with van der Waals surface area (Å²) in [7, 11) is 1.91. The first kappa shape index (κ1) is 20.5. The normalized spacial score (nSPS) is 33.8. The molecule has 0 aromatic heterocycles. The molecule has 0 radical (unpaired) electrons. The first-order chi connectivity index (χ1) is 11.3. The Balaban J connectivity index is 2.08. The van der Waals surface area contributed by atoms with Crippen molar-refractivity contribution >= 4 is 20.7 Å². The molecule has 0 amide bonds. The molecule has 0 heterocycles. The van der Waals surface area contributed by atoms with Crippen LogP contribution in [0.2, 0.25) is 9.63 Å². The Kier molecular flexibility index (Phi) is 7.02. The number of ether oxygens (including phenoxy) is 1. The number of Topliss-reactive ketones (excluding diaryl/α,β-unsaturated/α-hetero) is 1. The van der Waals surface area contributed by atoms with E-state index in [2.05, 4.69) is 34.6 Å². The van der Waals surface area contributed by atoms with Gasteiger partial charge in [0, 0.05) is 0 Å². The fraction of sp³-hybridized carbons (Fsp3) is 0.952. The molecule has 2 bridgehead atoms. The molecule has 0 aliphatic heterocycles. The van der Waals surface area contributed by atoms with Gasteiger partial charge in [-0.05, 0) is 0 Å². The Morgan fingerprint density at radius 1 is 1.17 bits per heavy atom. The van der Waals surface area contributed by atoms with Gasteiger partial charge in [-0.1, -0.05) is 0 Å². The van der Waals surface area contributed by atoms with Crippen molar-refractivity contribution in [1.82, 2.24) is 0 Å². The number of ketones is 1. The summed E-state index contributed by atoms with van der Waals surface area (Å²) >= 11 is 0.587. The number of rotatable bonds is 10. The molecule has 0 N–H and O–H groups in total. The summed E-state index contributed by atoms with van der Waals surface area (Å²) in [5.41, 5.74) is 0.128. The molecule has 0 saturated heterocycles. The van der Waals surface area contributed by atoms with E-state index in [0.717, 1.165) is 22.5 Å². The van der Waals surface area contributed by atoms with Crippen LogP contribution in [0.5, 0.6) is 0 Å². The van der Waals surface area contributed by atoms with Crippen molar-refractivity contribution in [1.29, 1.82) is 0 Å². The Labute approximate surface area is 156 Å². The van der Waals surface area contributed by atoms with Gasteiger partial charge >= 0.3 is 156 Å². The van der Waals surface area contributed by atoms with Gasteiger partial charge in [0.05, 0.1) is 0 Å². The summed E-state index contributed by atoms with van der Waals surface area (Å²) < 4.78 is 5.95. The summed E-state index contributed by atoms with van der Waals surface area (Å²) in [4.78, 5) is 14.0. The Hall–Kier alpha value is 0.149. The zero-order valence-electron chi connectivity index (χ0n) is 16.7. The van der Waals surface area contributed by atoms with Crippen molar-refractivity contribution in [3.63, 3.8) is 0 Å². The average molecular weight is 401 g/mol. The first-order valence-electron chi connectivity index (χ1n) is 10.0. The van der Waals surface area contributed by atoms with Crippen LogP contribution in [0.1, 0.15) is 86.0 Å². The monoisotopic (exact) mass is 402 g/mol. The molecule has 5 atom stereocenters. The zero-order chi connectivity index (χ0) is 18.0. The number of fused-ring (bicyclic) bond motifs is 2. The number of hydrogen-bond acceptors (Lipinski definition) is 2. The van der Waals surface area contributed by atoms with Crippen LogP contribution in [0.15, 0.2) is 0 Å². The Morgan fingerprint density at radius 2 is 1.79 bits per heavy atom. The molecule has 2 fully saturated rings. The quantitative estimate of drug-likeness (QED) is 0.440. The molecule has 24 heavy (non-hydrogen) atoms. The van der Waals surface area contributed by atoms with Crippen LogP contribution in [0, 0.1) is 16.7 Å². The molecule has 2 unspecified atom stereocenters. The van der Waals surface area contributed by atoms with Gasteiger partial charge in [0.1, 0.15) is 0 Å². The topological polar surface area (TPSA) is 26.3 Å². The van der Waals surface area contributed by atoms with Gasteiger partial charge in [0.2, 0.25) is 0 Å². The summed E-state index contributed by atoms with van der Waals surface area (Å²) in [6, 6.07) is 0. The van der Waals surface area contributed by atoms with Gasteiger partial charge in [-0.25, -0.2) is 0 Å². The van der Waals surface area contributed by atoms with E-state index in [1.54, 1.807) is 0 Å². The zero-order valence-corrected chi connectivity index (χ0v) is 18.4. The second-order valence-electron chi connectivity index (χ2n) is 8.76. The molecule has 2 aliphatic carbocycles. The predicted octanol–water partition coefficient (Wildman–Crippen LogP) is 5.69. The Bertz CT molecular complexity index is 434. The van der Waals surface area contributed by atoms with Gasteiger partial charge in [-0.3, -0.25) is 0 Å². The van der Waals surface area contributed by atoms with Crippen LogP contribution in [0.4, 0.5) is 0 Å². The number of carbonyl (C=O) groups excluding carboxylic acids is 1. The van der Waals surface area contributed by atoms with E-state index < -0.39 is 0 Å². The van der Waals surface area contributed by atoms with Gasteiger partial charge in [0.15, 0.2) is 0 Å². The molecule has 0 aromatic rings. The van der Waals surface area contributed by atoms with E-state index in [1.807, 2.05) is 7.11 Å². The van der Waals surface area contributed by atoms with Crippen molar-refractivity contribution in [3.8, 4) is 0 Å². The fourth-order valence-corrected chi connectivity index (χ4v) is 9.62. The molecule has 2 aliphatic rings. The van der Waals surface area contributed by atoms with Gasteiger partial charge in [0.25, 0.3) is 0 Å². The molecular formula is C21H38O2Se. The molecule has 3 heteroatoms. The SMILES string of the molecule is CCCC[C@@H](OC)[C@@H](CCCC)[Se][C@@H]1CC2(C)C(=O)CC1C2(C)C. The summed E-state index contributed by atoms with van der Waals surface area (Å²) in [5, 5.41) is 0. The molecule has 140 valence electrons. The Morgan fingerprint density at radius 3 is 2.25 bits per heavy atom. The number of methoxy groups -OCH3 is 1. The third-order valence-corrected chi connectivity index (χ3v) is 10.8. The van der Waals surface area contributed by atoms with Gasteiger partial charge in [-0.15, -0.1) is 0 Å². The molecule has 2 saturated carbocycles. The number of unbranched alkanes of at least 4 members (excludes halogenated alkanes) is 2. The number of hydrogen-bond donors (Lipinski definition) is 0. The van der Waals surface area contributed by atoms with E-state index in [9.17, 15) is 4.79 Å². The van der Waals surface area contributed by atoms with Crippen molar-refractivity contribution in [2.24, 2.45) is 16.7 Å². The first-order valence-corrected chi connectivity index (χ1v) is 12.0. The fourth-order valence-electron chi connectivity index (χ4n) is 4.94. The van der Waals surface area contributed by atoms with E-state index in [1.165, 1.54) is 38.5 Å². The molecular weight excluding hydrogens is 363 g/mol.